The molecular weight excluding hydrogens is 348 g/mol. The summed E-state index contributed by atoms with van der Waals surface area (Å²) in [5.41, 5.74) is 0. The maximum absolute atomic E-state index is 6.97. The Labute approximate surface area is 154 Å². The average molecular weight is 391 g/mol. The Kier molecular flexibility index (Phi) is 9.99. The van der Waals surface area contributed by atoms with E-state index in [1.165, 1.54) is 56.7 Å². The van der Waals surface area contributed by atoms with E-state index >= 15 is 0 Å². The fourth-order valence-corrected chi connectivity index (χ4v) is 23.1. The van der Waals surface area contributed by atoms with Crippen LogP contribution in [0, 0.1) is 0 Å². The van der Waals surface area contributed by atoms with Gasteiger partial charge in [-0.05, 0) is 36.3 Å². The van der Waals surface area contributed by atoms with Gasteiger partial charge in [0.2, 0.25) is 0 Å². The zero-order valence-corrected chi connectivity index (χ0v) is 20.2. The van der Waals surface area contributed by atoms with Crippen molar-refractivity contribution >= 4 is 25.7 Å². The third-order valence-corrected chi connectivity index (χ3v) is 21.0. The van der Waals surface area contributed by atoms with Crippen LogP contribution >= 0.6 is 0 Å². The molecule has 0 spiro atoms. The molecule has 0 amide bonds. The molecule has 0 unspecified atom stereocenters. The van der Waals surface area contributed by atoms with Gasteiger partial charge in [0.1, 0.15) is 0 Å². The minimum absolute atomic E-state index is 1.10. The van der Waals surface area contributed by atoms with Gasteiger partial charge in [0, 0.05) is 0 Å². The number of hydrogen-bond donors (Lipinski definition) is 0. The van der Waals surface area contributed by atoms with Crippen LogP contribution in [-0.4, -0.2) is 25.7 Å². The molecule has 1 saturated heterocycles. The molecule has 0 N–H and O–H groups in total. The molecule has 3 nitrogen and oxygen atoms in total. The van der Waals surface area contributed by atoms with E-state index in [0.29, 0.717) is 0 Å². The lowest BCUT2D eigenvalue weighted by Crippen LogP contribution is -2.69. The first kappa shape index (κ1) is 22.6. The molecule has 0 aromatic carbocycles. The highest BCUT2D eigenvalue weighted by Gasteiger charge is 2.59. The van der Waals surface area contributed by atoms with Crippen molar-refractivity contribution in [2.45, 2.75) is 116 Å². The maximum atomic E-state index is 6.97. The van der Waals surface area contributed by atoms with E-state index in [1.54, 1.807) is 0 Å². The predicted molar refractivity (Wildman–Crippen MR) is 111 cm³/mol. The van der Waals surface area contributed by atoms with Crippen LogP contribution in [0.4, 0.5) is 0 Å². The van der Waals surface area contributed by atoms with Gasteiger partial charge in [-0.1, -0.05) is 80.1 Å². The van der Waals surface area contributed by atoms with Gasteiger partial charge in [0.25, 0.3) is 0 Å². The molecule has 0 aromatic heterocycles. The van der Waals surface area contributed by atoms with E-state index in [4.69, 9.17) is 12.3 Å². The number of unbranched alkanes of at least 4 members (excludes halogenated alkanes) is 3. The second kappa shape index (κ2) is 10.6. The summed E-state index contributed by atoms with van der Waals surface area (Å²) in [7, 11) is -6.28. The highest BCUT2D eigenvalue weighted by Crippen LogP contribution is 2.43. The fraction of sp³-hybridized carbons (Fsp3) is 1.00. The lowest BCUT2D eigenvalue weighted by atomic mass is 10.4. The summed E-state index contributed by atoms with van der Waals surface area (Å²) in [6, 6.07) is 6.80. The zero-order chi connectivity index (χ0) is 18.1. The Morgan fingerprint density at radius 2 is 0.708 bits per heavy atom. The summed E-state index contributed by atoms with van der Waals surface area (Å²) in [5, 5.41) is 0. The third kappa shape index (κ3) is 5.77. The van der Waals surface area contributed by atoms with Crippen LogP contribution in [0.2, 0.25) is 36.3 Å². The van der Waals surface area contributed by atoms with Crippen LogP contribution in [0.1, 0.15) is 80.1 Å². The molecule has 0 radical (unpaired) electrons. The van der Waals surface area contributed by atoms with E-state index in [1.807, 2.05) is 0 Å². The molecule has 1 rings (SSSR count). The monoisotopic (exact) mass is 390 g/mol. The smallest absolute Gasteiger partial charge is 0.320 e. The minimum Gasteiger partial charge on any atom is -0.415 e. The molecule has 144 valence electrons. The van der Waals surface area contributed by atoms with E-state index in [0.717, 1.165) is 18.1 Å². The molecule has 1 heterocycles. The van der Waals surface area contributed by atoms with E-state index in [9.17, 15) is 0 Å². The van der Waals surface area contributed by atoms with Crippen molar-refractivity contribution in [3.8, 4) is 0 Å². The van der Waals surface area contributed by atoms with Crippen molar-refractivity contribution < 1.29 is 12.3 Å². The lowest BCUT2D eigenvalue weighted by Gasteiger charge is -2.53. The van der Waals surface area contributed by atoms with Crippen LogP contribution < -0.4 is 0 Å². The molecule has 0 aliphatic carbocycles. The molecule has 1 fully saturated rings. The molecule has 0 saturated carbocycles. The van der Waals surface area contributed by atoms with E-state index in [2.05, 4.69) is 41.5 Å². The first-order chi connectivity index (χ1) is 11.5. The van der Waals surface area contributed by atoms with Crippen LogP contribution in [0.15, 0.2) is 0 Å². The number of rotatable bonds is 12. The average Bonchev–Trinajstić information content (AvgIpc) is 2.63. The van der Waals surface area contributed by atoms with Gasteiger partial charge in [-0.3, -0.25) is 0 Å². The van der Waals surface area contributed by atoms with E-state index < -0.39 is 25.7 Å². The topological polar surface area (TPSA) is 27.7 Å². The van der Waals surface area contributed by atoms with Crippen molar-refractivity contribution in [2.75, 3.05) is 0 Å². The third-order valence-electron chi connectivity index (χ3n) is 5.47. The normalized spacial score (nSPS) is 33.8. The van der Waals surface area contributed by atoms with Gasteiger partial charge in [0.05, 0.1) is 0 Å². The molecule has 6 heteroatoms. The van der Waals surface area contributed by atoms with Crippen molar-refractivity contribution in [3.05, 3.63) is 0 Å². The summed E-state index contributed by atoms with van der Waals surface area (Å²) in [6.45, 7) is 13.7. The van der Waals surface area contributed by atoms with Gasteiger partial charge < -0.3 is 12.3 Å². The molecule has 0 atom stereocenters. The summed E-state index contributed by atoms with van der Waals surface area (Å²) in [6.07, 6.45) is 7.41. The highest BCUT2D eigenvalue weighted by molar-refractivity contribution is 6.94. The summed E-state index contributed by atoms with van der Waals surface area (Å²) in [4.78, 5) is 0. The molecule has 24 heavy (non-hydrogen) atoms. The minimum atomic E-state index is -2.09. The van der Waals surface area contributed by atoms with Gasteiger partial charge in [0.15, 0.2) is 0 Å². The van der Waals surface area contributed by atoms with Crippen LogP contribution in [0.25, 0.3) is 0 Å². The first-order valence-electron chi connectivity index (χ1n) is 10.6. The maximum Gasteiger partial charge on any atom is 0.320 e. The van der Waals surface area contributed by atoms with Crippen LogP contribution in [0.3, 0.4) is 0 Å². The SMILES string of the molecule is CCCC[Si]1(CC)O[Si](CC)(CCCC)O[Si](CC)(CCCC)O1. The number of hydrogen-bond acceptors (Lipinski definition) is 3. The summed E-state index contributed by atoms with van der Waals surface area (Å²) < 4.78 is 20.9. The van der Waals surface area contributed by atoms with Crippen molar-refractivity contribution in [2.24, 2.45) is 0 Å². The molecule has 1 aliphatic heterocycles. The predicted octanol–water partition coefficient (Wildman–Crippen LogP) is 6.84. The first-order valence-corrected chi connectivity index (χ1v) is 17.3. The fourth-order valence-electron chi connectivity index (χ4n) is 3.69. The van der Waals surface area contributed by atoms with Crippen LogP contribution in [-0.2, 0) is 12.3 Å². The quantitative estimate of drug-likeness (QED) is 0.341. The lowest BCUT2D eigenvalue weighted by molar-refractivity contribution is 0.207. The highest BCUT2D eigenvalue weighted by atomic mass is 28.5. The van der Waals surface area contributed by atoms with Crippen molar-refractivity contribution in [1.82, 2.24) is 0 Å². The molecule has 0 aromatic rings. The molecule has 0 bridgehead atoms. The Morgan fingerprint density at radius 1 is 0.458 bits per heavy atom. The summed E-state index contributed by atoms with van der Waals surface area (Å²) >= 11 is 0. The van der Waals surface area contributed by atoms with Gasteiger partial charge in [-0.2, -0.15) is 0 Å². The zero-order valence-electron chi connectivity index (χ0n) is 17.2. The Balaban J connectivity index is 3.15. The Morgan fingerprint density at radius 3 is 0.875 bits per heavy atom. The van der Waals surface area contributed by atoms with Crippen LogP contribution in [0.5, 0.6) is 0 Å². The van der Waals surface area contributed by atoms with Gasteiger partial charge in [-0.15, -0.1) is 0 Å². The Bertz CT molecular complexity index is 294. The standard InChI is InChI=1S/C18H42O3Si3/c1-7-13-16-22(10-4)19-23(11-5,17-14-8-2)21-24(12-6,20-22)18-15-9-3/h7-18H2,1-6H3. The molecule has 1 aliphatic rings. The summed E-state index contributed by atoms with van der Waals surface area (Å²) in [5.74, 6) is 0. The molecular formula is C18H42O3Si3. The van der Waals surface area contributed by atoms with E-state index in [-0.39, 0.29) is 0 Å². The second-order valence-corrected chi connectivity index (χ2v) is 18.9. The van der Waals surface area contributed by atoms with Gasteiger partial charge >= 0.3 is 25.7 Å². The Hall–Kier alpha value is 0.531. The van der Waals surface area contributed by atoms with Crippen molar-refractivity contribution in [1.29, 1.82) is 0 Å². The van der Waals surface area contributed by atoms with Crippen molar-refractivity contribution in [3.63, 3.8) is 0 Å². The second-order valence-electron chi connectivity index (χ2n) is 7.41. The largest absolute Gasteiger partial charge is 0.415 e. The van der Waals surface area contributed by atoms with Gasteiger partial charge in [-0.25, -0.2) is 0 Å².